The summed E-state index contributed by atoms with van der Waals surface area (Å²) >= 11 is 0. The lowest BCUT2D eigenvalue weighted by molar-refractivity contribution is -0.124. The van der Waals surface area contributed by atoms with Crippen LogP contribution in [0.2, 0.25) is 0 Å². The zero-order chi connectivity index (χ0) is 10.5. The minimum Gasteiger partial charge on any atom is -0.439 e. The number of amides is 2. The van der Waals surface area contributed by atoms with E-state index in [1.54, 1.807) is 20.8 Å². The molecule has 76 valence electrons. The van der Waals surface area contributed by atoms with E-state index in [2.05, 4.69) is 10.1 Å². The molecular formula is C7H15N3O3. The molecule has 0 aliphatic carbocycles. The average Bonchev–Trinajstić information content (AvgIpc) is 1.97. The van der Waals surface area contributed by atoms with Gasteiger partial charge in [-0.3, -0.25) is 10.2 Å². The fourth-order valence-corrected chi connectivity index (χ4v) is 0.515. The first kappa shape index (κ1) is 11.7. The Kier molecular flexibility index (Phi) is 4.19. The Balaban J connectivity index is 3.71. The van der Waals surface area contributed by atoms with Crippen molar-refractivity contribution >= 4 is 12.0 Å². The topological polar surface area (TPSA) is 93.4 Å². The van der Waals surface area contributed by atoms with Crippen molar-refractivity contribution in [1.29, 1.82) is 0 Å². The first-order valence-corrected chi connectivity index (χ1v) is 3.79. The van der Waals surface area contributed by atoms with Crippen LogP contribution in [0, 0.1) is 0 Å². The second-order valence-corrected chi connectivity index (χ2v) is 3.52. The number of hydrogen-bond donors (Lipinski definition) is 3. The second-order valence-electron chi connectivity index (χ2n) is 3.52. The number of nitrogens with two attached hydrogens (primary N) is 1. The van der Waals surface area contributed by atoms with E-state index >= 15 is 0 Å². The van der Waals surface area contributed by atoms with Gasteiger partial charge in [-0.15, -0.1) is 0 Å². The molecule has 0 rings (SSSR count). The van der Waals surface area contributed by atoms with Gasteiger partial charge in [0, 0.05) is 5.54 Å². The molecule has 0 unspecified atom stereocenters. The van der Waals surface area contributed by atoms with Gasteiger partial charge in [-0.25, -0.2) is 10.6 Å². The van der Waals surface area contributed by atoms with Crippen molar-refractivity contribution < 1.29 is 14.3 Å². The number of carbonyl (C=O) groups excluding carboxylic acids is 2. The highest BCUT2D eigenvalue weighted by Gasteiger charge is 2.15. The van der Waals surface area contributed by atoms with Crippen LogP contribution in [0.25, 0.3) is 0 Å². The third-order valence-corrected chi connectivity index (χ3v) is 0.972. The summed E-state index contributed by atoms with van der Waals surface area (Å²) in [6, 6.07) is 0. The summed E-state index contributed by atoms with van der Waals surface area (Å²) in [5.41, 5.74) is 1.46. The van der Waals surface area contributed by atoms with Crippen molar-refractivity contribution in [2.45, 2.75) is 26.3 Å². The number of alkyl carbamates (subject to hydrolysis) is 1. The van der Waals surface area contributed by atoms with Crippen LogP contribution in [-0.4, -0.2) is 24.1 Å². The highest BCUT2D eigenvalue weighted by atomic mass is 16.6. The number of ether oxygens (including phenoxy) is 1. The maximum Gasteiger partial charge on any atom is 0.408 e. The Bertz CT molecular complexity index is 198. The maximum absolute atomic E-state index is 10.9. The summed E-state index contributed by atoms with van der Waals surface area (Å²) in [4.78, 5) is 21.5. The molecule has 4 N–H and O–H groups in total. The number of hydrogen-bond acceptors (Lipinski definition) is 4. The van der Waals surface area contributed by atoms with Gasteiger partial charge in [0.25, 0.3) is 5.91 Å². The number of carbonyl (C=O) groups is 2. The molecule has 0 saturated heterocycles. The van der Waals surface area contributed by atoms with E-state index < -0.39 is 12.0 Å². The van der Waals surface area contributed by atoms with Crippen LogP contribution in [0.5, 0.6) is 0 Å². The fraction of sp³-hybridized carbons (Fsp3) is 0.714. The van der Waals surface area contributed by atoms with Crippen molar-refractivity contribution in [2.24, 2.45) is 5.84 Å². The molecule has 0 atom stereocenters. The Morgan fingerprint density at radius 3 is 2.31 bits per heavy atom. The van der Waals surface area contributed by atoms with E-state index in [1.165, 1.54) is 0 Å². The zero-order valence-electron chi connectivity index (χ0n) is 8.01. The molecule has 0 aromatic carbocycles. The van der Waals surface area contributed by atoms with Crippen LogP contribution in [0.15, 0.2) is 0 Å². The van der Waals surface area contributed by atoms with Crippen LogP contribution >= 0.6 is 0 Å². The van der Waals surface area contributed by atoms with Gasteiger partial charge in [-0.2, -0.15) is 0 Å². The predicted molar refractivity (Wildman–Crippen MR) is 46.6 cm³/mol. The lowest BCUT2D eigenvalue weighted by Gasteiger charge is -2.19. The fourth-order valence-electron chi connectivity index (χ4n) is 0.515. The molecule has 0 bridgehead atoms. The molecule has 6 heteroatoms. The minimum atomic E-state index is -0.642. The maximum atomic E-state index is 10.9. The molecule has 0 aliphatic rings. The first-order chi connectivity index (χ1) is 5.85. The molecule has 2 amide bonds. The molecule has 0 fully saturated rings. The van der Waals surface area contributed by atoms with Crippen LogP contribution in [0.3, 0.4) is 0 Å². The van der Waals surface area contributed by atoms with Gasteiger partial charge < -0.3 is 10.1 Å². The highest BCUT2D eigenvalue weighted by Crippen LogP contribution is 1.98. The summed E-state index contributed by atoms with van der Waals surface area (Å²) < 4.78 is 4.53. The Morgan fingerprint density at radius 2 is 1.92 bits per heavy atom. The normalized spacial score (nSPS) is 10.5. The molecular weight excluding hydrogens is 174 g/mol. The molecule has 0 aromatic heterocycles. The molecule has 0 aromatic rings. The molecule has 13 heavy (non-hydrogen) atoms. The van der Waals surface area contributed by atoms with Crippen LogP contribution in [-0.2, 0) is 9.53 Å². The second kappa shape index (κ2) is 4.66. The van der Waals surface area contributed by atoms with Crippen molar-refractivity contribution in [3.63, 3.8) is 0 Å². The molecule has 0 spiro atoms. The van der Waals surface area contributed by atoms with Crippen LogP contribution in [0.1, 0.15) is 20.8 Å². The van der Waals surface area contributed by atoms with E-state index in [4.69, 9.17) is 5.84 Å². The number of hydrazine groups is 1. The molecule has 6 nitrogen and oxygen atoms in total. The minimum absolute atomic E-state index is 0.377. The smallest absolute Gasteiger partial charge is 0.408 e. The van der Waals surface area contributed by atoms with Gasteiger partial charge in [-0.1, -0.05) is 0 Å². The van der Waals surface area contributed by atoms with E-state index in [0.29, 0.717) is 0 Å². The molecule has 0 aliphatic heterocycles. The first-order valence-electron chi connectivity index (χ1n) is 3.79. The lowest BCUT2D eigenvalue weighted by Crippen LogP contribution is -2.42. The lowest BCUT2D eigenvalue weighted by atomic mass is 10.1. The van der Waals surface area contributed by atoms with E-state index in [9.17, 15) is 9.59 Å². The van der Waals surface area contributed by atoms with E-state index in [1.807, 2.05) is 5.43 Å². The van der Waals surface area contributed by atoms with Gasteiger partial charge in [0.15, 0.2) is 6.61 Å². The van der Waals surface area contributed by atoms with Crippen LogP contribution < -0.4 is 16.6 Å². The third kappa shape index (κ3) is 7.07. The molecule has 0 saturated carbocycles. The van der Waals surface area contributed by atoms with Crippen molar-refractivity contribution in [3.05, 3.63) is 0 Å². The van der Waals surface area contributed by atoms with E-state index in [-0.39, 0.29) is 12.1 Å². The molecule has 0 radical (unpaired) electrons. The van der Waals surface area contributed by atoms with Gasteiger partial charge in [-0.05, 0) is 20.8 Å². The Hall–Kier alpha value is -1.30. The summed E-state index contributed by atoms with van der Waals surface area (Å²) in [6.07, 6.45) is -0.642. The van der Waals surface area contributed by atoms with Crippen molar-refractivity contribution in [2.75, 3.05) is 6.61 Å². The predicted octanol–water partition coefficient (Wildman–Crippen LogP) is -0.499. The Labute approximate surface area is 76.8 Å². The summed E-state index contributed by atoms with van der Waals surface area (Å²) in [6.45, 7) is 5.03. The summed E-state index contributed by atoms with van der Waals surface area (Å²) in [5.74, 6) is 4.22. The van der Waals surface area contributed by atoms with Gasteiger partial charge in [0.1, 0.15) is 0 Å². The van der Waals surface area contributed by atoms with Crippen molar-refractivity contribution in [1.82, 2.24) is 10.7 Å². The summed E-state index contributed by atoms with van der Waals surface area (Å²) in [7, 11) is 0. The Morgan fingerprint density at radius 1 is 1.38 bits per heavy atom. The largest absolute Gasteiger partial charge is 0.439 e. The van der Waals surface area contributed by atoms with Gasteiger partial charge in [0.05, 0.1) is 0 Å². The monoisotopic (exact) mass is 189 g/mol. The van der Waals surface area contributed by atoms with Crippen LogP contribution in [0.4, 0.5) is 4.79 Å². The van der Waals surface area contributed by atoms with E-state index in [0.717, 1.165) is 0 Å². The summed E-state index contributed by atoms with van der Waals surface area (Å²) in [5, 5.41) is 2.52. The zero-order valence-corrected chi connectivity index (χ0v) is 8.01. The number of nitrogens with one attached hydrogen (secondary N) is 2. The SMILES string of the molecule is CC(C)(C)NC(=O)OCC(=O)NN. The standard InChI is InChI=1S/C7H15N3O3/c1-7(2,3)9-6(12)13-4-5(11)10-8/h4,8H2,1-3H3,(H,9,12)(H,10,11). The average molecular weight is 189 g/mol. The van der Waals surface area contributed by atoms with Gasteiger partial charge >= 0.3 is 6.09 Å². The quantitative estimate of drug-likeness (QED) is 0.310. The van der Waals surface area contributed by atoms with Crippen molar-refractivity contribution in [3.8, 4) is 0 Å². The molecule has 0 heterocycles. The number of rotatable bonds is 2. The van der Waals surface area contributed by atoms with Gasteiger partial charge in [0.2, 0.25) is 0 Å². The third-order valence-electron chi connectivity index (χ3n) is 0.972. The highest BCUT2D eigenvalue weighted by molar-refractivity contribution is 5.79.